The molecule has 0 aliphatic rings. The van der Waals surface area contributed by atoms with Gasteiger partial charge in [0.25, 0.3) is 0 Å². The van der Waals surface area contributed by atoms with Crippen LogP contribution in [-0.4, -0.2) is 23.6 Å². The van der Waals surface area contributed by atoms with E-state index in [2.05, 4.69) is 40.4 Å². The van der Waals surface area contributed by atoms with Gasteiger partial charge in [-0.3, -0.25) is 0 Å². The smallest absolute Gasteiger partial charge is 0.138 e. The van der Waals surface area contributed by atoms with Crippen LogP contribution in [0, 0.1) is 6.92 Å². The van der Waals surface area contributed by atoms with E-state index in [0.717, 1.165) is 34.7 Å². The topological polar surface area (TPSA) is 47.0 Å². The summed E-state index contributed by atoms with van der Waals surface area (Å²) in [7, 11) is 1.69. The molecule has 5 heteroatoms. The summed E-state index contributed by atoms with van der Waals surface area (Å²) in [5.41, 5.74) is 1.24. The van der Waals surface area contributed by atoms with Crippen LogP contribution in [-0.2, 0) is 6.42 Å². The lowest BCUT2D eigenvalue weighted by Gasteiger charge is -2.07. The molecule has 0 unspecified atom stereocenters. The van der Waals surface area contributed by atoms with Crippen molar-refractivity contribution in [1.29, 1.82) is 0 Å². The van der Waals surface area contributed by atoms with Crippen molar-refractivity contribution in [3.8, 4) is 5.75 Å². The lowest BCUT2D eigenvalue weighted by Crippen LogP contribution is -2.06. The number of hydrogen-bond acceptors (Lipinski definition) is 5. The van der Waals surface area contributed by atoms with Crippen molar-refractivity contribution in [2.24, 2.45) is 0 Å². The molecule has 21 heavy (non-hydrogen) atoms. The Hall–Kier alpha value is -2.14. The summed E-state index contributed by atoms with van der Waals surface area (Å²) >= 11 is 1.69. The van der Waals surface area contributed by atoms with Crippen molar-refractivity contribution in [2.75, 3.05) is 19.0 Å². The lowest BCUT2D eigenvalue weighted by atomic mass is 10.1. The zero-order valence-electron chi connectivity index (χ0n) is 12.1. The third kappa shape index (κ3) is 3.13. The molecule has 3 rings (SSSR count). The fourth-order valence-electron chi connectivity index (χ4n) is 2.27. The van der Waals surface area contributed by atoms with Crippen molar-refractivity contribution >= 4 is 27.4 Å². The molecule has 0 radical (unpaired) electrons. The van der Waals surface area contributed by atoms with Gasteiger partial charge in [-0.1, -0.05) is 12.1 Å². The second kappa shape index (κ2) is 6.10. The van der Waals surface area contributed by atoms with Crippen LogP contribution in [0.1, 0.15) is 10.4 Å². The Kier molecular flexibility index (Phi) is 4.01. The highest BCUT2D eigenvalue weighted by atomic mass is 32.1. The number of ether oxygens (including phenoxy) is 1. The predicted octanol–water partition coefficient (Wildman–Crippen LogP) is 3.66. The first-order valence-corrected chi connectivity index (χ1v) is 7.66. The zero-order valence-corrected chi connectivity index (χ0v) is 12.9. The number of rotatable bonds is 5. The molecule has 0 bridgehead atoms. The van der Waals surface area contributed by atoms with Gasteiger partial charge in [0.15, 0.2) is 0 Å². The molecule has 2 heterocycles. The van der Waals surface area contributed by atoms with E-state index in [-0.39, 0.29) is 0 Å². The van der Waals surface area contributed by atoms with Crippen LogP contribution in [0.25, 0.3) is 10.2 Å². The van der Waals surface area contributed by atoms with Gasteiger partial charge in [0, 0.05) is 11.4 Å². The van der Waals surface area contributed by atoms with Gasteiger partial charge >= 0.3 is 0 Å². The zero-order chi connectivity index (χ0) is 14.7. The van der Waals surface area contributed by atoms with Crippen molar-refractivity contribution in [3.63, 3.8) is 0 Å². The van der Waals surface area contributed by atoms with Crippen LogP contribution in [0.5, 0.6) is 5.75 Å². The highest BCUT2D eigenvalue weighted by molar-refractivity contribution is 7.18. The Morgan fingerprint density at radius 3 is 3.00 bits per heavy atom. The Morgan fingerprint density at radius 2 is 2.14 bits per heavy atom. The summed E-state index contributed by atoms with van der Waals surface area (Å²) in [6.45, 7) is 2.92. The van der Waals surface area contributed by atoms with E-state index in [4.69, 9.17) is 4.74 Å². The Morgan fingerprint density at radius 1 is 1.24 bits per heavy atom. The first kappa shape index (κ1) is 13.8. The summed E-state index contributed by atoms with van der Waals surface area (Å²) < 4.78 is 5.24. The number of thiophene rings is 1. The van der Waals surface area contributed by atoms with Crippen LogP contribution in [0.2, 0.25) is 0 Å². The predicted molar refractivity (Wildman–Crippen MR) is 87.3 cm³/mol. The van der Waals surface area contributed by atoms with E-state index >= 15 is 0 Å². The number of aryl methyl sites for hydroxylation is 1. The van der Waals surface area contributed by atoms with Crippen molar-refractivity contribution in [3.05, 3.63) is 47.1 Å². The number of hydrogen-bond donors (Lipinski definition) is 1. The standard InChI is InChI=1S/C16H17N3OS/c1-11-8-14-15(18-10-19-16(14)21-11)17-7-6-12-4-3-5-13(9-12)20-2/h3-5,8-10H,6-7H2,1-2H3,(H,17,18,19). The molecule has 0 aliphatic heterocycles. The quantitative estimate of drug-likeness (QED) is 0.781. The maximum Gasteiger partial charge on any atom is 0.138 e. The average Bonchev–Trinajstić information content (AvgIpc) is 2.88. The van der Waals surface area contributed by atoms with Gasteiger partial charge < -0.3 is 10.1 Å². The SMILES string of the molecule is COc1cccc(CCNc2ncnc3sc(C)cc23)c1. The van der Waals surface area contributed by atoms with Crippen LogP contribution in [0.3, 0.4) is 0 Å². The van der Waals surface area contributed by atoms with E-state index in [9.17, 15) is 0 Å². The fourth-order valence-corrected chi connectivity index (χ4v) is 3.12. The summed E-state index contributed by atoms with van der Waals surface area (Å²) in [4.78, 5) is 10.9. The molecule has 0 fully saturated rings. The molecule has 1 aromatic carbocycles. The molecule has 108 valence electrons. The van der Waals surface area contributed by atoms with Crippen molar-refractivity contribution in [1.82, 2.24) is 9.97 Å². The van der Waals surface area contributed by atoms with E-state index in [1.165, 1.54) is 10.4 Å². The first-order chi connectivity index (χ1) is 10.3. The maximum absolute atomic E-state index is 5.24. The molecule has 0 amide bonds. The molecule has 2 aromatic heterocycles. The number of nitrogens with one attached hydrogen (secondary N) is 1. The number of methoxy groups -OCH3 is 1. The molecular weight excluding hydrogens is 282 g/mol. The van der Waals surface area contributed by atoms with Crippen molar-refractivity contribution in [2.45, 2.75) is 13.3 Å². The average molecular weight is 299 g/mol. The van der Waals surface area contributed by atoms with Crippen molar-refractivity contribution < 1.29 is 4.74 Å². The Balaban J connectivity index is 1.69. The van der Waals surface area contributed by atoms with Crippen LogP contribution in [0.4, 0.5) is 5.82 Å². The Bertz CT molecular complexity index is 754. The second-order valence-corrected chi connectivity index (χ2v) is 6.06. The van der Waals surface area contributed by atoms with E-state index in [0.29, 0.717) is 0 Å². The minimum Gasteiger partial charge on any atom is -0.497 e. The van der Waals surface area contributed by atoms with Gasteiger partial charge in [-0.2, -0.15) is 0 Å². The summed E-state index contributed by atoms with van der Waals surface area (Å²) in [5.74, 6) is 1.80. The molecule has 0 aliphatic carbocycles. The van der Waals surface area contributed by atoms with Crippen LogP contribution >= 0.6 is 11.3 Å². The highest BCUT2D eigenvalue weighted by Gasteiger charge is 2.06. The summed E-state index contributed by atoms with van der Waals surface area (Å²) in [6, 6.07) is 10.3. The largest absolute Gasteiger partial charge is 0.497 e. The summed E-state index contributed by atoms with van der Waals surface area (Å²) in [5, 5.41) is 4.50. The maximum atomic E-state index is 5.24. The second-order valence-electron chi connectivity index (χ2n) is 4.83. The number of anilines is 1. The molecule has 3 aromatic rings. The van der Waals surface area contributed by atoms with Gasteiger partial charge in [0.05, 0.1) is 12.5 Å². The number of benzene rings is 1. The molecule has 0 saturated heterocycles. The van der Waals surface area contributed by atoms with Crippen LogP contribution in [0.15, 0.2) is 36.7 Å². The fraction of sp³-hybridized carbons (Fsp3) is 0.250. The van der Waals surface area contributed by atoms with E-state index in [1.807, 2.05) is 12.1 Å². The van der Waals surface area contributed by atoms with E-state index in [1.54, 1.807) is 24.8 Å². The van der Waals surface area contributed by atoms with Gasteiger partial charge in [0.2, 0.25) is 0 Å². The lowest BCUT2D eigenvalue weighted by molar-refractivity contribution is 0.414. The third-order valence-electron chi connectivity index (χ3n) is 3.29. The van der Waals surface area contributed by atoms with Gasteiger partial charge in [-0.25, -0.2) is 9.97 Å². The monoisotopic (exact) mass is 299 g/mol. The Labute approximate surface area is 127 Å². The molecule has 0 spiro atoms. The van der Waals surface area contributed by atoms with Gasteiger partial charge in [0.1, 0.15) is 22.7 Å². The molecule has 4 nitrogen and oxygen atoms in total. The highest BCUT2D eigenvalue weighted by Crippen LogP contribution is 2.27. The number of nitrogens with zero attached hydrogens (tertiary/aromatic N) is 2. The molecule has 1 N–H and O–H groups in total. The number of aromatic nitrogens is 2. The molecular formula is C16H17N3OS. The minimum atomic E-state index is 0.828. The third-order valence-corrected chi connectivity index (χ3v) is 4.25. The first-order valence-electron chi connectivity index (χ1n) is 6.84. The molecule has 0 saturated carbocycles. The van der Waals surface area contributed by atoms with E-state index < -0.39 is 0 Å². The normalized spacial score (nSPS) is 10.8. The number of fused-ring (bicyclic) bond motifs is 1. The minimum absolute atomic E-state index is 0.828. The summed E-state index contributed by atoms with van der Waals surface area (Å²) in [6.07, 6.45) is 2.54. The van der Waals surface area contributed by atoms with Gasteiger partial charge in [-0.15, -0.1) is 11.3 Å². The molecule has 0 atom stereocenters. The van der Waals surface area contributed by atoms with Crippen LogP contribution < -0.4 is 10.1 Å². The van der Waals surface area contributed by atoms with Gasteiger partial charge in [-0.05, 0) is 37.1 Å².